The minimum atomic E-state index is -0.279. The van der Waals surface area contributed by atoms with Crippen LogP contribution in [0.2, 0.25) is 0 Å². The number of amides is 1. The van der Waals surface area contributed by atoms with E-state index in [2.05, 4.69) is 16.4 Å². The lowest BCUT2D eigenvalue weighted by Crippen LogP contribution is -2.36. The molecule has 3 heterocycles. The van der Waals surface area contributed by atoms with Crippen molar-refractivity contribution >= 4 is 22.9 Å². The molecule has 122 valence electrons. The number of carbonyl (C=O) groups excluding carboxylic acids is 1. The van der Waals surface area contributed by atoms with Crippen LogP contribution in [-0.4, -0.2) is 31.7 Å². The highest BCUT2D eigenvalue weighted by Crippen LogP contribution is 2.37. The highest BCUT2D eigenvalue weighted by atomic mass is 32.1. The predicted molar refractivity (Wildman–Crippen MR) is 90.1 cm³/mol. The number of ether oxygens (including phenoxy) is 2. The van der Waals surface area contributed by atoms with Crippen LogP contribution in [0, 0.1) is 5.92 Å². The fourth-order valence-corrected chi connectivity index (χ4v) is 3.84. The monoisotopic (exact) mass is 332 g/mol. The van der Waals surface area contributed by atoms with Crippen molar-refractivity contribution in [1.29, 1.82) is 0 Å². The van der Waals surface area contributed by atoms with Gasteiger partial charge in [-0.15, -0.1) is 11.3 Å². The van der Waals surface area contributed by atoms with E-state index < -0.39 is 0 Å². The number of aromatic nitrogens is 1. The SMILES string of the molecule is COc1ncccc1N(C)C(=O)[C@@H](C)[C@H]1OCCc2sccc21. The van der Waals surface area contributed by atoms with Crippen molar-refractivity contribution in [3.05, 3.63) is 40.2 Å². The maximum atomic E-state index is 12.9. The highest BCUT2D eigenvalue weighted by molar-refractivity contribution is 7.10. The molecule has 0 saturated heterocycles. The Bertz CT molecular complexity index is 701. The first-order valence-electron chi connectivity index (χ1n) is 7.58. The number of fused-ring (bicyclic) bond motifs is 1. The Labute approximate surface area is 139 Å². The number of methoxy groups -OCH3 is 1. The van der Waals surface area contributed by atoms with E-state index in [1.807, 2.05) is 13.0 Å². The van der Waals surface area contributed by atoms with Gasteiger partial charge in [-0.1, -0.05) is 6.92 Å². The van der Waals surface area contributed by atoms with Crippen molar-refractivity contribution in [2.75, 3.05) is 25.7 Å². The Balaban J connectivity index is 1.83. The summed E-state index contributed by atoms with van der Waals surface area (Å²) in [5.74, 6) is 0.148. The van der Waals surface area contributed by atoms with Crippen LogP contribution in [0.25, 0.3) is 0 Å². The molecule has 0 bridgehead atoms. The molecule has 0 spiro atoms. The summed E-state index contributed by atoms with van der Waals surface area (Å²) < 4.78 is 11.2. The third-order valence-electron chi connectivity index (χ3n) is 4.19. The first-order valence-corrected chi connectivity index (χ1v) is 8.46. The van der Waals surface area contributed by atoms with Gasteiger partial charge in [-0.2, -0.15) is 0 Å². The van der Waals surface area contributed by atoms with Crippen LogP contribution in [0.4, 0.5) is 5.69 Å². The molecule has 0 aliphatic carbocycles. The second-order valence-electron chi connectivity index (χ2n) is 5.56. The lowest BCUT2D eigenvalue weighted by Gasteiger charge is -2.30. The average molecular weight is 332 g/mol. The average Bonchev–Trinajstić information content (AvgIpc) is 3.08. The summed E-state index contributed by atoms with van der Waals surface area (Å²) in [7, 11) is 3.30. The molecule has 0 aromatic carbocycles. The second kappa shape index (κ2) is 6.68. The van der Waals surface area contributed by atoms with Gasteiger partial charge in [0.25, 0.3) is 0 Å². The second-order valence-corrected chi connectivity index (χ2v) is 6.56. The molecule has 6 heteroatoms. The summed E-state index contributed by atoms with van der Waals surface area (Å²) in [6, 6.07) is 5.69. The number of nitrogens with zero attached hydrogens (tertiary/aromatic N) is 2. The van der Waals surface area contributed by atoms with Crippen LogP contribution in [0.15, 0.2) is 29.8 Å². The molecule has 2 atom stereocenters. The highest BCUT2D eigenvalue weighted by Gasteiger charge is 2.33. The molecule has 0 fully saturated rings. The summed E-state index contributed by atoms with van der Waals surface area (Å²) in [4.78, 5) is 20.0. The van der Waals surface area contributed by atoms with E-state index in [0.717, 1.165) is 12.0 Å². The molecule has 5 nitrogen and oxygen atoms in total. The fourth-order valence-electron chi connectivity index (χ4n) is 2.94. The molecule has 1 aliphatic heterocycles. The molecular weight excluding hydrogens is 312 g/mol. The van der Waals surface area contributed by atoms with E-state index in [0.29, 0.717) is 18.2 Å². The Morgan fingerprint density at radius 2 is 2.35 bits per heavy atom. The zero-order valence-corrected chi connectivity index (χ0v) is 14.3. The quantitative estimate of drug-likeness (QED) is 0.863. The molecule has 3 rings (SSSR count). The van der Waals surface area contributed by atoms with Crippen molar-refractivity contribution in [1.82, 2.24) is 4.98 Å². The smallest absolute Gasteiger partial charge is 0.237 e. The number of thiophene rings is 1. The van der Waals surface area contributed by atoms with Gasteiger partial charge in [0, 0.05) is 24.5 Å². The summed E-state index contributed by atoms with van der Waals surface area (Å²) in [5.41, 5.74) is 1.81. The largest absolute Gasteiger partial charge is 0.480 e. The van der Waals surface area contributed by atoms with Gasteiger partial charge < -0.3 is 14.4 Å². The summed E-state index contributed by atoms with van der Waals surface area (Å²) >= 11 is 1.73. The summed E-state index contributed by atoms with van der Waals surface area (Å²) in [6.07, 6.45) is 2.38. The zero-order valence-electron chi connectivity index (χ0n) is 13.5. The van der Waals surface area contributed by atoms with Crippen molar-refractivity contribution < 1.29 is 14.3 Å². The van der Waals surface area contributed by atoms with Gasteiger partial charge in [-0.25, -0.2) is 4.98 Å². The number of hydrogen-bond acceptors (Lipinski definition) is 5. The minimum Gasteiger partial charge on any atom is -0.480 e. The predicted octanol–water partition coefficient (Wildman–Crippen LogP) is 3.06. The van der Waals surface area contributed by atoms with Crippen molar-refractivity contribution in [3.8, 4) is 5.88 Å². The first-order chi connectivity index (χ1) is 11.1. The van der Waals surface area contributed by atoms with Crippen LogP contribution < -0.4 is 9.64 Å². The fraction of sp³-hybridized carbons (Fsp3) is 0.412. The Morgan fingerprint density at radius 1 is 1.52 bits per heavy atom. The molecule has 0 saturated carbocycles. The molecular formula is C17H20N2O3S. The number of pyridine rings is 1. The molecule has 1 amide bonds. The molecule has 0 N–H and O–H groups in total. The maximum Gasteiger partial charge on any atom is 0.237 e. The number of anilines is 1. The van der Waals surface area contributed by atoms with Gasteiger partial charge in [0.15, 0.2) is 0 Å². The third kappa shape index (κ3) is 2.96. The Hall–Kier alpha value is -1.92. The van der Waals surface area contributed by atoms with Crippen molar-refractivity contribution in [2.24, 2.45) is 5.92 Å². The summed E-state index contributed by atoms with van der Waals surface area (Å²) in [5, 5.41) is 2.07. The lowest BCUT2D eigenvalue weighted by atomic mass is 9.94. The third-order valence-corrected chi connectivity index (χ3v) is 5.19. The topological polar surface area (TPSA) is 51.7 Å². The van der Waals surface area contributed by atoms with E-state index in [1.54, 1.807) is 42.7 Å². The number of hydrogen-bond donors (Lipinski definition) is 0. The van der Waals surface area contributed by atoms with Crippen LogP contribution >= 0.6 is 11.3 Å². The lowest BCUT2D eigenvalue weighted by molar-refractivity contribution is -0.127. The van der Waals surface area contributed by atoms with E-state index in [1.165, 1.54) is 4.88 Å². The summed E-state index contributed by atoms with van der Waals surface area (Å²) in [6.45, 7) is 2.58. The Kier molecular flexibility index (Phi) is 4.63. The van der Waals surface area contributed by atoms with Gasteiger partial charge in [0.05, 0.1) is 25.7 Å². The standard InChI is InChI=1S/C17H20N2O3S/c1-11(15-12-7-10-23-14(12)6-9-22-15)17(20)19(2)13-5-4-8-18-16(13)21-3/h4-5,7-8,10-11,15H,6,9H2,1-3H3/t11-,15+/m0/s1. The van der Waals surface area contributed by atoms with Crippen molar-refractivity contribution in [3.63, 3.8) is 0 Å². The Morgan fingerprint density at radius 3 is 3.13 bits per heavy atom. The first kappa shape index (κ1) is 16.0. The zero-order chi connectivity index (χ0) is 16.4. The molecule has 2 aromatic rings. The number of rotatable bonds is 4. The van der Waals surface area contributed by atoms with E-state index in [-0.39, 0.29) is 17.9 Å². The van der Waals surface area contributed by atoms with Crippen LogP contribution in [0.1, 0.15) is 23.5 Å². The maximum absolute atomic E-state index is 12.9. The van der Waals surface area contributed by atoms with Crippen molar-refractivity contribution in [2.45, 2.75) is 19.4 Å². The molecule has 0 radical (unpaired) electrons. The normalized spacial score (nSPS) is 18.1. The van der Waals surface area contributed by atoms with Gasteiger partial charge >= 0.3 is 0 Å². The molecule has 23 heavy (non-hydrogen) atoms. The minimum absolute atomic E-state index is 0.0136. The van der Waals surface area contributed by atoms with Crippen LogP contribution in [-0.2, 0) is 16.0 Å². The van der Waals surface area contributed by atoms with Gasteiger partial charge in [0.1, 0.15) is 5.69 Å². The van der Waals surface area contributed by atoms with Gasteiger partial charge in [-0.3, -0.25) is 4.79 Å². The van der Waals surface area contributed by atoms with E-state index in [4.69, 9.17) is 9.47 Å². The van der Waals surface area contributed by atoms with E-state index >= 15 is 0 Å². The molecule has 1 aliphatic rings. The van der Waals surface area contributed by atoms with Crippen LogP contribution in [0.5, 0.6) is 5.88 Å². The van der Waals surface area contributed by atoms with Gasteiger partial charge in [-0.05, 0) is 29.1 Å². The molecule has 0 unspecified atom stereocenters. The van der Waals surface area contributed by atoms with E-state index in [9.17, 15) is 4.79 Å². The number of carbonyl (C=O) groups is 1. The van der Waals surface area contributed by atoms with Crippen LogP contribution in [0.3, 0.4) is 0 Å². The molecule has 2 aromatic heterocycles. The van der Waals surface area contributed by atoms with Gasteiger partial charge in [0.2, 0.25) is 11.8 Å².